The number of carboxylic acid groups (broad SMARTS) is 1. The van der Waals surface area contributed by atoms with Gasteiger partial charge in [0.25, 0.3) is 5.91 Å². The Morgan fingerprint density at radius 1 is 1.17 bits per heavy atom. The molecule has 2 N–H and O–H groups in total. The maximum Gasteiger partial charge on any atom is 0.335 e. The second-order valence-electron chi connectivity index (χ2n) is 5.33. The normalized spacial score (nSPS) is 17.2. The Labute approximate surface area is 146 Å². The summed E-state index contributed by atoms with van der Waals surface area (Å²) in [5.41, 5.74) is 1.02. The van der Waals surface area contributed by atoms with Crippen molar-refractivity contribution >= 4 is 45.1 Å². The number of imide groups is 1. The summed E-state index contributed by atoms with van der Waals surface area (Å²) >= 11 is 3.33. The predicted molar refractivity (Wildman–Crippen MR) is 92.1 cm³/mol. The van der Waals surface area contributed by atoms with Crippen molar-refractivity contribution in [3.05, 3.63) is 58.6 Å². The first kappa shape index (κ1) is 16.2. The molecule has 0 bridgehead atoms. The van der Waals surface area contributed by atoms with Gasteiger partial charge >= 0.3 is 5.97 Å². The van der Waals surface area contributed by atoms with Crippen LogP contribution in [-0.2, 0) is 9.59 Å². The molecular weight excluding hydrogens is 376 g/mol. The van der Waals surface area contributed by atoms with Gasteiger partial charge in [-0.2, -0.15) is 0 Å². The van der Waals surface area contributed by atoms with Gasteiger partial charge in [0, 0.05) is 10.2 Å². The first-order valence-electron chi connectivity index (χ1n) is 7.18. The van der Waals surface area contributed by atoms with Crippen molar-refractivity contribution in [2.45, 2.75) is 12.5 Å². The van der Waals surface area contributed by atoms with E-state index in [-0.39, 0.29) is 23.6 Å². The Balaban J connectivity index is 1.82. The molecule has 0 spiro atoms. The van der Waals surface area contributed by atoms with E-state index >= 15 is 0 Å². The maximum atomic E-state index is 12.6. The lowest BCUT2D eigenvalue weighted by Gasteiger charge is -2.16. The number of rotatable bonds is 4. The predicted octanol–water partition coefficient (Wildman–Crippen LogP) is 2.89. The summed E-state index contributed by atoms with van der Waals surface area (Å²) in [7, 11) is 0. The van der Waals surface area contributed by atoms with Gasteiger partial charge in [-0.15, -0.1) is 0 Å². The Hall–Kier alpha value is -2.67. The number of halogens is 1. The van der Waals surface area contributed by atoms with Gasteiger partial charge in [0.2, 0.25) is 5.91 Å². The fraction of sp³-hybridized carbons (Fsp3) is 0.118. The molecule has 6 nitrogen and oxygen atoms in total. The van der Waals surface area contributed by atoms with E-state index in [1.165, 1.54) is 18.2 Å². The van der Waals surface area contributed by atoms with Crippen molar-refractivity contribution in [1.29, 1.82) is 0 Å². The lowest BCUT2D eigenvalue weighted by Crippen LogP contribution is -2.34. The van der Waals surface area contributed by atoms with Crippen LogP contribution in [0.1, 0.15) is 16.8 Å². The van der Waals surface area contributed by atoms with Crippen LogP contribution in [0.5, 0.6) is 0 Å². The number of aromatic carboxylic acids is 1. The molecule has 24 heavy (non-hydrogen) atoms. The number of benzene rings is 2. The van der Waals surface area contributed by atoms with Crippen LogP contribution in [0.4, 0.5) is 11.4 Å². The highest BCUT2D eigenvalue weighted by molar-refractivity contribution is 9.10. The van der Waals surface area contributed by atoms with E-state index in [1.807, 2.05) is 12.1 Å². The molecule has 122 valence electrons. The first-order valence-corrected chi connectivity index (χ1v) is 7.97. The van der Waals surface area contributed by atoms with Gasteiger partial charge in [-0.1, -0.05) is 22.0 Å². The van der Waals surface area contributed by atoms with Crippen molar-refractivity contribution in [3.8, 4) is 0 Å². The Morgan fingerprint density at radius 3 is 2.54 bits per heavy atom. The molecule has 1 aliphatic rings. The molecule has 2 aromatic rings. The molecule has 0 radical (unpaired) electrons. The molecule has 1 saturated heterocycles. The van der Waals surface area contributed by atoms with Gasteiger partial charge in [-0.3, -0.25) is 9.59 Å². The molecule has 1 fully saturated rings. The minimum absolute atomic E-state index is 0.0200. The fourth-order valence-electron chi connectivity index (χ4n) is 2.54. The number of hydrogen-bond donors (Lipinski definition) is 2. The minimum Gasteiger partial charge on any atom is -0.478 e. The van der Waals surface area contributed by atoms with Crippen LogP contribution in [-0.4, -0.2) is 28.9 Å². The van der Waals surface area contributed by atoms with Crippen LogP contribution in [0.15, 0.2) is 53.0 Å². The van der Waals surface area contributed by atoms with E-state index in [2.05, 4.69) is 21.2 Å². The summed E-state index contributed by atoms with van der Waals surface area (Å²) in [5, 5.41) is 12.1. The molecule has 1 heterocycles. The van der Waals surface area contributed by atoms with Crippen LogP contribution < -0.4 is 10.2 Å². The molecule has 0 aliphatic carbocycles. The summed E-state index contributed by atoms with van der Waals surface area (Å²) in [6.07, 6.45) is 0.0200. The maximum absolute atomic E-state index is 12.6. The largest absolute Gasteiger partial charge is 0.478 e. The Kier molecular flexibility index (Phi) is 4.35. The number of anilines is 2. The van der Waals surface area contributed by atoms with Crippen LogP contribution in [0, 0.1) is 0 Å². The molecule has 2 amide bonds. The van der Waals surface area contributed by atoms with Crippen LogP contribution in [0.25, 0.3) is 0 Å². The van der Waals surface area contributed by atoms with Crippen molar-refractivity contribution < 1.29 is 19.5 Å². The zero-order valence-electron chi connectivity index (χ0n) is 12.4. The van der Waals surface area contributed by atoms with E-state index in [0.29, 0.717) is 0 Å². The van der Waals surface area contributed by atoms with Gasteiger partial charge < -0.3 is 10.4 Å². The molecule has 1 atom stereocenters. The lowest BCUT2D eigenvalue weighted by atomic mass is 10.2. The standard InChI is InChI=1S/C17H13BrN2O4/c18-11-4-6-12(7-5-11)19-14-9-15(21)20(16(14)22)13-3-1-2-10(8-13)17(23)24/h1-8,14,19H,9H2,(H,23,24)/t14-/m0/s1. The molecule has 3 rings (SSSR count). The van der Waals surface area contributed by atoms with Crippen molar-refractivity contribution in [2.75, 3.05) is 10.2 Å². The number of carboxylic acids is 1. The molecule has 0 unspecified atom stereocenters. The SMILES string of the molecule is O=C(O)c1cccc(N2C(=O)C[C@H](Nc3ccc(Br)cc3)C2=O)c1. The molecule has 0 saturated carbocycles. The second kappa shape index (κ2) is 6.45. The number of nitrogens with one attached hydrogen (secondary N) is 1. The lowest BCUT2D eigenvalue weighted by molar-refractivity contribution is -0.121. The van der Waals surface area contributed by atoms with Crippen molar-refractivity contribution in [3.63, 3.8) is 0 Å². The third-order valence-corrected chi connectivity index (χ3v) is 4.21. The van der Waals surface area contributed by atoms with Gasteiger partial charge in [0.1, 0.15) is 6.04 Å². The van der Waals surface area contributed by atoms with Crippen molar-refractivity contribution in [2.24, 2.45) is 0 Å². The van der Waals surface area contributed by atoms with E-state index in [0.717, 1.165) is 15.1 Å². The summed E-state index contributed by atoms with van der Waals surface area (Å²) in [6, 6.07) is 12.4. The number of amides is 2. The molecule has 2 aromatic carbocycles. The van der Waals surface area contributed by atoms with E-state index < -0.39 is 17.9 Å². The quantitative estimate of drug-likeness (QED) is 0.786. The Bertz CT molecular complexity index is 820. The monoisotopic (exact) mass is 388 g/mol. The van der Waals surface area contributed by atoms with Crippen molar-refractivity contribution in [1.82, 2.24) is 0 Å². The molecular formula is C17H13BrN2O4. The third-order valence-electron chi connectivity index (χ3n) is 3.68. The van der Waals surface area contributed by atoms with Crippen LogP contribution in [0.2, 0.25) is 0 Å². The molecule has 1 aliphatic heterocycles. The topological polar surface area (TPSA) is 86.7 Å². The third kappa shape index (κ3) is 3.16. The summed E-state index contributed by atoms with van der Waals surface area (Å²) in [6.45, 7) is 0. The van der Waals surface area contributed by atoms with Gasteiger partial charge in [0.15, 0.2) is 0 Å². The van der Waals surface area contributed by atoms with Crippen LogP contribution in [0.3, 0.4) is 0 Å². The fourth-order valence-corrected chi connectivity index (χ4v) is 2.81. The number of hydrogen-bond acceptors (Lipinski definition) is 4. The zero-order chi connectivity index (χ0) is 17.3. The van der Waals surface area contributed by atoms with E-state index in [1.54, 1.807) is 18.2 Å². The summed E-state index contributed by atoms with van der Waals surface area (Å²) < 4.78 is 0.911. The highest BCUT2D eigenvalue weighted by Crippen LogP contribution is 2.26. The van der Waals surface area contributed by atoms with E-state index in [9.17, 15) is 14.4 Å². The highest BCUT2D eigenvalue weighted by Gasteiger charge is 2.39. The van der Waals surface area contributed by atoms with Crippen LogP contribution >= 0.6 is 15.9 Å². The highest BCUT2D eigenvalue weighted by atomic mass is 79.9. The van der Waals surface area contributed by atoms with E-state index in [4.69, 9.17) is 5.11 Å². The molecule has 7 heteroatoms. The second-order valence-corrected chi connectivity index (χ2v) is 6.25. The Morgan fingerprint density at radius 2 is 1.88 bits per heavy atom. The molecule has 0 aromatic heterocycles. The van der Waals surface area contributed by atoms with Gasteiger partial charge in [0.05, 0.1) is 17.7 Å². The zero-order valence-corrected chi connectivity index (χ0v) is 14.0. The van der Waals surface area contributed by atoms with Gasteiger partial charge in [-0.05, 0) is 42.5 Å². The summed E-state index contributed by atoms with van der Waals surface area (Å²) in [5.74, 6) is -1.87. The number of nitrogens with zero attached hydrogens (tertiary/aromatic N) is 1. The smallest absolute Gasteiger partial charge is 0.335 e. The number of carbonyl (C=O) groups is 3. The van der Waals surface area contributed by atoms with Gasteiger partial charge in [-0.25, -0.2) is 9.69 Å². The average Bonchev–Trinajstić information content (AvgIpc) is 2.83. The average molecular weight is 389 g/mol. The first-order chi connectivity index (χ1) is 11.5. The summed E-state index contributed by atoms with van der Waals surface area (Å²) in [4.78, 5) is 36.9. The minimum atomic E-state index is -1.11. The number of carbonyl (C=O) groups excluding carboxylic acids is 2.